The average Bonchev–Trinajstić information content (AvgIpc) is 2.82. The molecule has 0 spiro atoms. The van der Waals surface area contributed by atoms with Gasteiger partial charge in [-0.1, -0.05) is 72.8 Å². The minimum absolute atomic E-state index is 0.0703. The number of hydrogen-bond donors (Lipinski definition) is 1. The van der Waals surface area contributed by atoms with Gasteiger partial charge in [0.05, 0.1) is 6.61 Å². The Bertz CT molecular complexity index is 1180. The fraction of sp³-hybridized carbons (Fsp3) is 0.179. The van der Waals surface area contributed by atoms with Crippen LogP contribution in [0.5, 0.6) is 11.5 Å². The number of carboxylic acids is 1. The van der Waals surface area contributed by atoms with Crippen molar-refractivity contribution >= 4 is 16.7 Å². The monoisotopic (exact) mass is 426 g/mol. The molecule has 0 radical (unpaired) electrons. The first-order valence-electron chi connectivity index (χ1n) is 10.8. The molecule has 0 amide bonds. The first kappa shape index (κ1) is 21.4. The highest BCUT2D eigenvalue weighted by Gasteiger charge is 2.09. The summed E-state index contributed by atoms with van der Waals surface area (Å²) in [4.78, 5) is 11.1. The van der Waals surface area contributed by atoms with Gasteiger partial charge in [0.2, 0.25) is 0 Å². The van der Waals surface area contributed by atoms with Crippen LogP contribution in [0.3, 0.4) is 0 Å². The van der Waals surface area contributed by atoms with Crippen LogP contribution in [-0.2, 0) is 24.2 Å². The Morgan fingerprint density at radius 3 is 2.28 bits per heavy atom. The molecule has 32 heavy (non-hydrogen) atoms. The number of ether oxygens (including phenoxy) is 2. The van der Waals surface area contributed by atoms with E-state index in [1.54, 1.807) is 0 Å². The van der Waals surface area contributed by atoms with Crippen molar-refractivity contribution in [1.82, 2.24) is 0 Å². The van der Waals surface area contributed by atoms with Crippen LogP contribution in [0.4, 0.5) is 0 Å². The minimum atomic E-state index is -0.816. The molecule has 0 unspecified atom stereocenters. The van der Waals surface area contributed by atoms with E-state index in [2.05, 4.69) is 30.3 Å². The van der Waals surface area contributed by atoms with E-state index in [-0.39, 0.29) is 6.42 Å². The first-order chi connectivity index (χ1) is 15.7. The normalized spacial score (nSPS) is 10.8. The molecule has 1 N–H and O–H groups in total. The maximum absolute atomic E-state index is 11.1. The molecule has 4 aromatic carbocycles. The van der Waals surface area contributed by atoms with Crippen molar-refractivity contribution in [2.24, 2.45) is 0 Å². The summed E-state index contributed by atoms with van der Waals surface area (Å²) in [7, 11) is 0. The van der Waals surface area contributed by atoms with Crippen molar-refractivity contribution in [3.05, 3.63) is 108 Å². The molecule has 4 nitrogen and oxygen atoms in total. The van der Waals surface area contributed by atoms with E-state index in [1.807, 2.05) is 60.7 Å². The fourth-order valence-corrected chi connectivity index (χ4v) is 3.63. The smallest absolute Gasteiger partial charge is 0.303 e. The Hall–Kier alpha value is -3.79. The minimum Gasteiger partial charge on any atom is -0.493 e. The summed E-state index contributed by atoms with van der Waals surface area (Å²) in [6.45, 7) is 0.936. The van der Waals surface area contributed by atoms with E-state index >= 15 is 0 Å². The standard InChI is InChI=1S/C28H26O4/c29-28(30)15-14-24-13-11-22(20-32-26-8-2-1-3-9-26)19-27(24)31-17-16-21-10-12-23-6-4-5-7-25(23)18-21/h1-13,18-19H,14-17,20H2,(H,29,30). The highest BCUT2D eigenvalue weighted by molar-refractivity contribution is 5.83. The van der Waals surface area contributed by atoms with Gasteiger partial charge in [0.15, 0.2) is 0 Å². The number of carbonyl (C=O) groups is 1. The fourth-order valence-electron chi connectivity index (χ4n) is 3.63. The number of carboxylic acid groups (broad SMARTS) is 1. The molecule has 4 rings (SSSR count). The third-order valence-corrected chi connectivity index (χ3v) is 5.35. The molecule has 0 aromatic heterocycles. The second-order valence-corrected chi connectivity index (χ2v) is 7.72. The van der Waals surface area contributed by atoms with E-state index in [9.17, 15) is 4.79 Å². The van der Waals surface area contributed by atoms with Gasteiger partial charge in [-0.05, 0) is 52.1 Å². The number of aryl methyl sites for hydroxylation is 1. The third-order valence-electron chi connectivity index (χ3n) is 5.35. The van der Waals surface area contributed by atoms with E-state index in [0.717, 1.165) is 29.0 Å². The van der Waals surface area contributed by atoms with Gasteiger partial charge < -0.3 is 14.6 Å². The van der Waals surface area contributed by atoms with Crippen LogP contribution < -0.4 is 9.47 Å². The SMILES string of the molecule is O=C(O)CCc1ccc(COc2ccccc2)cc1OCCc1ccc2ccccc2c1. The van der Waals surface area contributed by atoms with E-state index in [0.29, 0.717) is 19.6 Å². The van der Waals surface area contributed by atoms with Crippen molar-refractivity contribution in [2.75, 3.05) is 6.61 Å². The van der Waals surface area contributed by atoms with Crippen LogP contribution in [0, 0.1) is 0 Å². The number of aliphatic carboxylic acids is 1. The molecule has 0 aliphatic rings. The van der Waals surface area contributed by atoms with E-state index < -0.39 is 5.97 Å². The molecule has 0 fully saturated rings. The highest BCUT2D eigenvalue weighted by Crippen LogP contribution is 2.24. The maximum atomic E-state index is 11.1. The summed E-state index contributed by atoms with van der Waals surface area (Å²) in [6.07, 6.45) is 1.27. The lowest BCUT2D eigenvalue weighted by Crippen LogP contribution is -2.06. The molecule has 0 bridgehead atoms. The van der Waals surface area contributed by atoms with Crippen LogP contribution in [0.1, 0.15) is 23.1 Å². The number of fused-ring (bicyclic) bond motifs is 1. The molecule has 4 aromatic rings. The van der Waals surface area contributed by atoms with Gasteiger partial charge in [0.1, 0.15) is 18.1 Å². The Morgan fingerprint density at radius 1 is 0.719 bits per heavy atom. The Morgan fingerprint density at radius 2 is 1.47 bits per heavy atom. The molecule has 4 heteroatoms. The molecule has 0 aliphatic carbocycles. The molecule has 0 aliphatic heterocycles. The molecule has 162 valence electrons. The number of rotatable bonds is 10. The summed E-state index contributed by atoms with van der Waals surface area (Å²) in [5.41, 5.74) is 3.09. The number of hydrogen-bond acceptors (Lipinski definition) is 3. The summed E-state index contributed by atoms with van der Waals surface area (Å²) in [5, 5.41) is 11.5. The lowest BCUT2D eigenvalue weighted by molar-refractivity contribution is -0.136. The van der Waals surface area contributed by atoms with Crippen LogP contribution >= 0.6 is 0 Å². The second-order valence-electron chi connectivity index (χ2n) is 7.72. The predicted molar refractivity (Wildman–Crippen MR) is 126 cm³/mol. The second kappa shape index (κ2) is 10.5. The summed E-state index contributed by atoms with van der Waals surface area (Å²) in [5.74, 6) is 0.714. The lowest BCUT2D eigenvalue weighted by atomic mass is 10.0. The van der Waals surface area contributed by atoms with Crippen LogP contribution in [-0.4, -0.2) is 17.7 Å². The van der Waals surface area contributed by atoms with Crippen molar-refractivity contribution < 1.29 is 19.4 Å². The number of para-hydroxylation sites is 1. The average molecular weight is 427 g/mol. The maximum Gasteiger partial charge on any atom is 0.303 e. The molecule has 0 saturated carbocycles. The van der Waals surface area contributed by atoms with Gasteiger partial charge in [-0.3, -0.25) is 4.79 Å². The van der Waals surface area contributed by atoms with Crippen molar-refractivity contribution in [2.45, 2.75) is 25.9 Å². The van der Waals surface area contributed by atoms with Crippen LogP contribution in [0.15, 0.2) is 91.0 Å². The van der Waals surface area contributed by atoms with Gasteiger partial charge in [0.25, 0.3) is 0 Å². The first-order valence-corrected chi connectivity index (χ1v) is 10.8. The molecule has 0 atom stereocenters. The number of benzene rings is 4. The Kier molecular flexibility index (Phi) is 7.03. The summed E-state index contributed by atoms with van der Waals surface area (Å²) in [6, 6.07) is 30.3. The van der Waals surface area contributed by atoms with E-state index in [4.69, 9.17) is 14.6 Å². The highest BCUT2D eigenvalue weighted by atomic mass is 16.5. The topological polar surface area (TPSA) is 55.8 Å². The van der Waals surface area contributed by atoms with Crippen molar-refractivity contribution in [3.8, 4) is 11.5 Å². The zero-order chi connectivity index (χ0) is 22.2. The lowest BCUT2D eigenvalue weighted by Gasteiger charge is -2.14. The molecular weight excluding hydrogens is 400 g/mol. The van der Waals surface area contributed by atoms with Gasteiger partial charge in [0, 0.05) is 12.8 Å². The van der Waals surface area contributed by atoms with Gasteiger partial charge >= 0.3 is 5.97 Å². The summed E-state index contributed by atoms with van der Waals surface area (Å²) < 4.78 is 12.0. The van der Waals surface area contributed by atoms with Crippen molar-refractivity contribution in [1.29, 1.82) is 0 Å². The third kappa shape index (κ3) is 5.88. The van der Waals surface area contributed by atoms with Gasteiger partial charge in [-0.2, -0.15) is 0 Å². The summed E-state index contributed by atoms with van der Waals surface area (Å²) >= 11 is 0. The Labute approximate surface area is 188 Å². The van der Waals surface area contributed by atoms with Gasteiger partial charge in [-0.25, -0.2) is 0 Å². The largest absolute Gasteiger partial charge is 0.493 e. The van der Waals surface area contributed by atoms with E-state index in [1.165, 1.54) is 16.3 Å². The molecule has 0 heterocycles. The predicted octanol–water partition coefficient (Wildman–Crippen LogP) is 6.06. The molecule has 0 saturated heterocycles. The zero-order valence-electron chi connectivity index (χ0n) is 17.9. The zero-order valence-corrected chi connectivity index (χ0v) is 17.9. The Balaban J connectivity index is 1.43. The quantitative estimate of drug-likeness (QED) is 0.335. The molecular formula is C28H26O4. The van der Waals surface area contributed by atoms with Crippen molar-refractivity contribution in [3.63, 3.8) is 0 Å². The van der Waals surface area contributed by atoms with Crippen LogP contribution in [0.25, 0.3) is 10.8 Å². The van der Waals surface area contributed by atoms with Gasteiger partial charge in [-0.15, -0.1) is 0 Å². The van der Waals surface area contributed by atoms with Crippen LogP contribution in [0.2, 0.25) is 0 Å².